The maximum absolute atomic E-state index is 13.2. The number of cyclic esters (lactones) is 1. The van der Waals surface area contributed by atoms with E-state index in [4.69, 9.17) is 4.74 Å². The third kappa shape index (κ3) is 3.60. The maximum Gasteiger partial charge on any atom is 0.336 e. The number of likely N-dealkylation sites (tertiary alicyclic amines) is 1. The van der Waals surface area contributed by atoms with Crippen LogP contribution in [0.25, 0.3) is 5.82 Å². The van der Waals surface area contributed by atoms with Gasteiger partial charge in [-0.2, -0.15) is 4.68 Å². The molecule has 4 heterocycles. The zero-order valence-corrected chi connectivity index (χ0v) is 17.5. The number of carbonyl (C=O) groups is 2. The molecule has 2 fully saturated rings. The fourth-order valence-corrected chi connectivity index (χ4v) is 4.85. The van der Waals surface area contributed by atoms with E-state index in [-0.39, 0.29) is 23.9 Å². The van der Waals surface area contributed by atoms with Crippen LogP contribution in [0.1, 0.15) is 44.6 Å². The van der Waals surface area contributed by atoms with E-state index < -0.39 is 0 Å². The summed E-state index contributed by atoms with van der Waals surface area (Å²) in [7, 11) is 0. The van der Waals surface area contributed by atoms with E-state index in [1.54, 1.807) is 11.8 Å². The molecule has 31 heavy (non-hydrogen) atoms. The smallest absolute Gasteiger partial charge is 0.336 e. The Morgan fingerprint density at radius 2 is 2.06 bits per heavy atom. The normalized spacial score (nSPS) is 26.2. The average Bonchev–Trinajstić information content (AvgIpc) is 3.51. The molecule has 0 atom stereocenters. The predicted molar refractivity (Wildman–Crippen MR) is 108 cm³/mol. The second-order valence-electron chi connectivity index (χ2n) is 8.57. The number of ether oxygens (including phenoxy) is 1. The van der Waals surface area contributed by atoms with Gasteiger partial charge in [-0.15, -0.1) is 5.10 Å². The Morgan fingerprint density at radius 3 is 2.71 bits per heavy atom. The molecule has 162 valence electrons. The van der Waals surface area contributed by atoms with E-state index in [1.807, 2.05) is 18.3 Å². The van der Waals surface area contributed by atoms with Crippen LogP contribution in [0.5, 0.6) is 0 Å². The number of aromatic nitrogens is 5. The number of tetrazole rings is 1. The molecule has 0 bridgehead atoms. The van der Waals surface area contributed by atoms with Gasteiger partial charge in [0.05, 0.1) is 16.7 Å². The number of carbonyl (C=O) groups excluding carboxylic acids is 2. The number of esters is 1. The third-order valence-corrected chi connectivity index (χ3v) is 6.85. The van der Waals surface area contributed by atoms with Crippen molar-refractivity contribution in [3.05, 3.63) is 41.5 Å². The lowest BCUT2D eigenvalue weighted by Crippen LogP contribution is -2.42. The Hall–Kier alpha value is -3.14. The van der Waals surface area contributed by atoms with Crippen molar-refractivity contribution < 1.29 is 14.3 Å². The summed E-state index contributed by atoms with van der Waals surface area (Å²) in [5.74, 6) is 0.537. The minimum absolute atomic E-state index is 0.168. The molecule has 10 nitrogen and oxygen atoms in total. The summed E-state index contributed by atoms with van der Waals surface area (Å²) in [6.07, 6.45) is 7.86. The Balaban J connectivity index is 1.15. The minimum Gasteiger partial charge on any atom is -0.456 e. The molecule has 0 aromatic carbocycles. The summed E-state index contributed by atoms with van der Waals surface area (Å²) < 4.78 is 6.62. The number of amides is 1. The fraction of sp³-hybridized carbons (Fsp3) is 0.524. The molecule has 0 unspecified atom stereocenters. The molecule has 3 aliphatic rings. The molecule has 5 rings (SSSR count). The number of hydrogen-bond donors (Lipinski definition) is 1. The summed E-state index contributed by atoms with van der Waals surface area (Å²) in [6, 6.07) is 4.29. The molecular formula is C21H25N7O3. The monoisotopic (exact) mass is 423 g/mol. The summed E-state index contributed by atoms with van der Waals surface area (Å²) >= 11 is 0. The minimum atomic E-state index is -0.308. The first kappa shape index (κ1) is 19.8. The van der Waals surface area contributed by atoms with Crippen LogP contribution >= 0.6 is 0 Å². The highest BCUT2D eigenvalue weighted by atomic mass is 16.5. The lowest BCUT2D eigenvalue weighted by atomic mass is 9.71. The Labute approximate surface area is 179 Å². The van der Waals surface area contributed by atoms with E-state index in [1.165, 1.54) is 11.0 Å². The number of pyridine rings is 1. The van der Waals surface area contributed by atoms with Crippen LogP contribution in [0.3, 0.4) is 0 Å². The van der Waals surface area contributed by atoms with E-state index in [0.29, 0.717) is 24.0 Å². The average molecular weight is 423 g/mol. The zero-order valence-electron chi connectivity index (χ0n) is 17.5. The molecule has 2 aromatic heterocycles. The number of rotatable bonds is 5. The quantitative estimate of drug-likeness (QED) is 0.712. The van der Waals surface area contributed by atoms with Gasteiger partial charge < -0.3 is 15.0 Å². The highest BCUT2D eigenvalue weighted by Gasteiger charge is 2.50. The molecular weight excluding hydrogens is 398 g/mol. The first-order valence-corrected chi connectivity index (χ1v) is 10.7. The van der Waals surface area contributed by atoms with E-state index in [9.17, 15) is 9.59 Å². The first-order valence-electron chi connectivity index (χ1n) is 10.7. The van der Waals surface area contributed by atoms with Crippen LogP contribution < -0.4 is 5.32 Å². The van der Waals surface area contributed by atoms with Crippen molar-refractivity contribution in [3.63, 3.8) is 0 Å². The lowest BCUT2D eigenvalue weighted by Gasteiger charge is -2.36. The Bertz CT molecular complexity index is 1010. The predicted octanol–water partition coefficient (Wildman–Crippen LogP) is 1.14. The highest BCUT2D eigenvalue weighted by Crippen LogP contribution is 2.46. The summed E-state index contributed by atoms with van der Waals surface area (Å²) in [4.78, 5) is 31.1. The van der Waals surface area contributed by atoms with Crippen molar-refractivity contribution in [2.75, 3.05) is 13.2 Å². The number of hydrogen-bond acceptors (Lipinski definition) is 8. The van der Waals surface area contributed by atoms with Gasteiger partial charge in [-0.05, 0) is 61.1 Å². The number of nitrogens with one attached hydrogen (secondary N) is 1. The summed E-state index contributed by atoms with van der Waals surface area (Å²) in [5, 5.41) is 14.7. The van der Waals surface area contributed by atoms with Gasteiger partial charge in [0, 0.05) is 25.3 Å². The van der Waals surface area contributed by atoms with Crippen LogP contribution in [-0.4, -0.2) is 61.2 Å². The van der Waals surface area contributed by atoms with Crippen molar-refractivity contribution in [1.82, 2.24) is 35.4 Å². The number of nitrogens with zero attached hydrogens (tertiary/aromatic N) is 6. The third-order valence-electron chi connectivity index (χ3n) is 6.85. The van der Waals surface area contributed by atoms with Gasteiger partial charge in [0.2, 0.25) is 5.91 Å². The van der Waals surface area contributed by atoms with Gasteiger partial charge >= 0.3 is 5.97 Å². The fourth-order valence-electron chi connectivity index (χ4n) is 4.85. The van der Waals surface area contributed by atoms with Crippen LogP contribution in [0.4, 0.5) is 0 Å². The summed E-state index contributed by atoms with van der Waals surface area (Å²) in [5.41, 5.74) is 2.13. The molecule has 10 heteroatoms. The molecule has 1 spiro atoms. The molecule has 1 saturated heterocycles. The molecule has 1 saturated carbocycles. The second-order valence-corrected chi connectivity index (χ2v) is 8.57. The highest BCUT2D eigenvalue weighted by molar-refractivity contribution is 5.94. The van der Waals surface area contributed by atoms with E-state index >= 15 is 0 Å². The van der Waals surface area contributed by atoms with E-state index in [0.717, 1.165) is 49.9 Å². The first-order chi connectivity index (χ1) is 15.1. The zero-order chi connectivity index (χ0) is 21.4. The van der Waals surface area contributed by atoms with Crippen molar-refractivity contribution in [2.24, 2.45) is 5.41 Å². The van der Waals surface area contributed by atoms with Gasteiger partial charge in [-0.25, -0.2) is 9.78 Å². The van der Waals surface area contributed by atoms with Gasteiger partial charge in [-0.1, -0.05) is 6.07 Å². The van der Waals surface area contributed by atoms with Gasteiger partial charge in [0.25, 0.3) is 0 Å². The molecule has 2 aliphatic heterocycles. The topological polar surface area (TPSA) is 115 Å². The Kier molecular flexibility index (Phi) is 5.01. The standard InChI is InChI=1S/C21H25N7O3/c1-14-17(12-31-19(14)29)27-9-8-21(20(27)30)6-4-16(5-7-21)22-10-15-2-3-18(23-11-15)28-13-24-25-26-28/h2-3,11,13,16,22H,4-10,12H2,1H3/t16-,21+. The largest absolute Gasteiger partial charge is 0.456 e. The van der Waals surface area contributed by atoms with Gasteiger partial charge in [0.1, 0.15) is 12.9 Å². The van der Waals surface area contributed by atoms with Crippen LogP contribution in [-0.2, 0) is 20.9 Å². The SMILES string of the molecule is CC1=C(N2CC[C@]3(CC[C@H](NCc4ccc(-n5cnnn5)nc4)CC3)C2=O)COC1=O. The van der Waals surface area contributed by atoms with Crippen molar-refractivity contribution in [1.29, 1.82) is 0 Å². The van der Waals surface area contributed by atoms with Crippen molar-refractivity contribution in [2.45, 2.75) is 51.6 Å². The van der Waals surface area contributed by atoms with Crippen molar-refractivity contribution in [3.8, 4) is 5.82 Å². The van der Waals surface area contributed by atoms with Crippen molar-refractivity contribution >= 4 is 11.9 Å². The summed E-state index contributed by atoms with van der Waals surface area (Å²) in [6.45, 7) is 3.37. The maximum atomic E-state index is 13.2. The van der Waals surface area contributed by atoms with Crippen LogP contribution in [0.2, 0.25) is 0 Å². The molecule has 1 aliphatic carbocycles. The molecule has 1 N–H and O–H groups in total. The lowest BCUT2D eigenvalue weighted by molar-refractivity contribution is -0.138. The molecule has 0 radical (unpaired) electrons. The second kappa shape index (κ2) is 7.84. The van der Waals surface area contributed by atoms with Crippen LogP contribution in [0.15, 0.2) is 35.9 Å². The van der Waals surface area contributed by atoms with Gasteiger partial charge in [0.15, 0.2) is 5.82 Å². The molecule has 2 aromatic rings. The van der Waals surface area contributed by atoms with Crippen LogP contribution in [0, 0.1) is 5.41 Å². The molecule has 1 amide bonds. The van der Waals surface area contributed by atoms with Gasteiger partial charge in [-0.3, -0.25) is 4.79 Å². The van der Waals surface area contributed by atoms with E-state index in [2.05, 4.69) is 25.8 Å². The Morgan fingerprint density at radius 1 is 1.23 bits per heavy atom.